The zero-order valence-corrected chi connectivity index (χ0v) is 10.5. The van der Waals surface area contributed by atoms with E-state index in [1.165, 1.54) is 0 Å². The second-order valence-corrected chi connectivity index (χ2v) is 4.89. The maximum absolute atomic E-state index is 13.3. The molecular weight excluding hydrogens is 301 g/mol. The van der Waals surface area contributed by atoms with Crippen LogP contribution in [-0.2, 0) is 12.6 Å². The SMILES string of the molecule is O=C(Cc1ccc(F)cc1F)c1cnc(C(F)(F)F)s1. The Balaban J connectivity index is 2.18. The van der Waals surface area contributed by atoms with Crippen LogP contribution in [0.15, 0.2) is 24.4 Å². The van der Waals surface area contributed by atoms with Gasteiger partial charge in [0.15, 0.2) is 10.8 Å². The normalized spacial score (nSPS) is 11.7. The lowest BCUT2D eigenvalue weighted by Gasteiger charge is -2.01. The number of alkyl halides is 3. The lowest BCUT2D eigenvalue weighted by Crippen LogP contribution is -2.04. The summed E-state index contributed by atoms with van der Waals surface area (Å²) in [4.78, 5) is 14.6. The van der Waals surface area contributed by atoms with Crippen LogP contribution in [0.3, 0.4) is 0 Å². The van der Waals surface area contributed by atoms with Crippen LogP contribution in [0.2, 0.25) is 0 Å². The van der Waals surface area contributed by atoms with Gasteiger partial charge in [0.05, 0.1) is 4.88 Å². The van der Waals surface area contributed by atoms with Crippen LogP contribution >= 0.6 is 11.3 Å². The molecule has 0 bridgehead atoms. The summed E-state index contributed by atoms with van der Waals surface area (Å²) in [5.74, 6) is -2.42. The minimum atomic E-state index is -4.62. The van der Waals surface area contributed by atoms with E-state index in [2.05, 4.69) is 4.98 Å². The Morgan fingerprint density at radius 1 is 1.25 bits per heavy atom. The van der Waals surface area contributed by atoms with Crippen LogP contribution < -0.4 is 0 Å². The number of rotatable bonds is 3. The smallest absolute Gasteiger partial charge is 0.293 e. The van der Waals surface area contributed by atoms with Crippen molar-refractivity contribution >= 4 is 17.1 Å². The van der Waals surface area contributed by atoms with Crippen molar-refractivity contribution in [3.8, 4) is 0 Å². The van der Waals surface area contributed by atoms with Gasteiger partial charge in [0.2, 0.25) is 0 Å². The number of hydrogen-bond donors (Lipinski definition) is 0. The van der Waals surface area contributed by atoms with Crippen molar-refractivity contribution in [1.82, 2.24) is 4.98 Å². The van der Waals surface area contributed by atoms with Gasteiger partial charge in [-0.1, -0.05) is 6.07 Å². The Hall–Kier alpha value is -1.83. The molecule has 8 heteroatoms. The zero-order valence-electron chi connectivity index (χ0n) is 9.67. The van der Waals surface area contributed by atoms with E-state index in [0.717, 1.165) is 18.3 Å². The fraction of sp³-hybridized carbons (Fsp3) is 0.167. The first-order valence-electron chi connectivity index (χ1n) is 5.27. The van der Waals surface area contributed by atoms with E-state index in [9.17, 15) is 26.7 Å². The number of thiazole rings is 1. The Bertz CT molecular complexity index is 650. The molecule has 0 saturated carbocycles. The van der Waals surface area contributed by atoms with Gasteiger partial charge >= 0.3 is 6.18 Å². The molecule has 0 amide bonds. The first-order chi connectivity index (χ1) is 9.27. The number of aromatic nitrogens is 1. The predicted molar refractivity (Wildman–Crippen MR) is 61.5 cm³/mol. The standard InChI is InChI=1S/C12H6F5NOS/c13-7-2-1-6(8(14)4-7)3-9(19)10-5-18-11(20-10)12(15,16)17/h1-2,4-5H,3H2. The molecule has 20 heavy (non-hydrogen) atoms. The third-order valence-electron chi connectivity index (χ3n) is 2.39. The molecule has 0 aliphatic rings. The third kappa shape index (κ3) is 3.19. The molecule has 1 aromatic heterocycles. The lowest BCUT2D eigenvalue weighted by atomic mass is 10.1. The first-order valence-corrected chi connectivity index (χ1v) is 6.09. The largest absolute Gasteiger partial charge is 0.443 e. The maximum Gasteiger partial charge on any atom is 0.443 e. The summed E-state index contributed by atoms with van der Waals surface area (Å²) < 4.78 is 63.0. The molecule has 2 aromatic rings. The number of carbonyl (C=O) groups excluding carboxylic acids is 1. The fourth-order valence-corrected chi connectivity index (χ4v) is 2.18. The Labute approximate surface area is 113 Å². The molecular formula is C12H6F5NOS. The maximum atomic E-state index is 13.3. The molecule has 2 rings (SSSR count). The van der Waals surface area contributed by atoms with Crippen LogP contribution in [-0.4, -0.2) is 10.8 Å². The molecule has 1 aromatic carbocycles. The van der Waals surface area contributed by atoms with Crippen molar-refractivity contribution in [3.63, 3.8) is 0 Å². The topological polar surface area (TPSA) is 30.0 Å². The van der Waals surface area contributed by atoms with Crippen molar-refractivity contribution in [2.45, 2.75) is 12.6 Å². The minimum absolute atomic E-state index is 0.0849. The van der Waals surface area contributed by atoms with Crippen LogP contribution in [0.4, 0.5) is 22.0 Å². The van der Waals surface area contributed by atoms with Crippen molar-refractivity contribution in [3.05, 3.63) is 51.5 Å². The van der Waals surface area contributed by atoms with E-state index in [-0.39, 0.29) is 21.8 Å². The van der Waals surface area contributed by atoms with Gasteiger partial charge in [-0.15, -0.1) is 11.3 Å². The van der Waals surface area contributed by atoms with E-state index in [1.807, 2.05) is 0 Å². The Morgan fingerprint density at radius 3 is 2.50 bits per heavy atom. The highest BCUT2D eigenvalue weighted by Crippen LogP contribution is 2.32. The predicted octanol–water partition coefficient (Wildman–Crippen LogP) is 3.87. The second kappa shape index (κ2) is 5.28. The molecule has 106 valence electrons. The van der Waals surface area contributed by atoms with E-state index >= 15 is 0 Å². The van der Waals surface area contributed by atoms with Crippen LogP contribution in [0.25, 0.3) is 0 Å². The van der Waals surface area contributed by atoms with Gasteiger partial charge in [0.25, 0.3) is 0 Å². The lowest BCUT2D eigenvalue weighted by molar-refractivity contribution is -0.137. The first kappa shape index (κ1) is 14.6. The Kier molecular flexibility index (Phi) is 3.85. The average Bonchev–Trinajstić information content (AvgIpc) is 2.82. The van der Waals surface area contributed by atoms with Gasteiger partial charge < -0.3 is 0 Å². The summed E-state index contributed by atoms with van der Waals surface area (Å²) in [6.45, 7) is 0. The van der Waals surface area contributed by atoms with E-state index in [0.29, 0.717) is 6.07 Å². The summed E-state index contributed by atoms with van der Waals surface area (Å²) >= 11 is 0.194. The van der Waals surface area contributed by atoms with Gasteiger partial charge in [-0.25, -0.2) is 13.8 Å². The third-order valence-corrected chi connectivity index (χ3v) is 3.47. The van der Waals surface area contributed by atoms with Gasteiger partial charge in [-0.05, 0) is 11.6 Å². The highest BCUT2D eigenvalue weighted by molar-refractivity contribution is 7.13. The zero-order chi connectivity index (χ0) is 14.9. The molecule has 1 heterocycles. The van der Waals surface area contributed by atoms with E-state index in [1.54, 1.807) is 0 Å². The summed E-state index contributed by atoms with van der Waals surface area (Å²) in [6, 6.07) is 2.66. The molecule has 0 spiro atoms. The summed E-state index contributed by atoms with van der Waals surface area (Å²) in [5.41, 5.74) is -0.0849. The highest BCUT2D eigenvalue weighted by atomic mass is 32.1. The summed E-state index contributed by atoms with van der Waals surface area (Å²) in [5, 5.41) is -1.14. The fourth-order valence-electron chi connectivity index (χ4n) is 1.46. The van der Waals surface area contributed by atoms with Crippen molar-refractivity contribution in [2.24, 2.45) is 0 Å². The summed E-state index contributed by atoms with van der Waals surface area (Å²) in [7, 11) is 0. The molecule has 0 radical (unpaired) electrons. The second-order valence-electron chi connectivity index (χ2n) is 3.86. The van der Waals surface area contributed by atoms with E-state index < -0.39 is 35.0 Å². The van der Waals surface area contributed by atoms with Crippen molar-refractivity contribution in [2.75, 3.05) is 0 Å². The molecule has 0 aliphatic carbocycles. The monoisotopic (exact) mass is 307 g/mol. The molecule has 0 fully saturated rings. The van der Waals surface area contributed by atoms with E-state index in [4.69, 9.17) is 0 Å². The average molecular weight is 307 g/mol. The Morgan fingerprint density at radius 2 is 1.95 bits per heavy atom. The number of Topliss-reactive ketones (excluding diaryl/α,β-unsaturated/α-hetero) is 1. The van der Waals surface area contributed by atoms with Crippen LogP contribution in [0.5, 0.6) is 0 Å². The van der Waals surface area contributed by atoms with Gasteiger partial charge in [-0.3, -0.25) is 4.79 Å². The highest BCUT2D eigenvalue weighted by Gasteiger charge is 2.35. The van der Waals surface area contributed by atoms with Crippen molar-refractivity contribution in [1.29, 1.82) is 0 Å². The number of benzene rings is 1. The van der Waals surface area contributed by atoms with Crippen LogP contribution in [0.1, 0.15) is 20.2 Å². The molecule has 0 aliphatic heterocycles. The van der Waals surface area contributed by atoms with Gasteiger partial charge in [-0.2, -0.15) is 13.2 Å². The molecule has 2 nitrogen and oxygen atoms in total. The molecule has 0 unspecified atom stereocenters. The number of carbonyl (C=O) groups is 1. The number of hydrogen-bond acceptors (Lipinski definition) is 3. The number of ketones is 1. The van der Waals surface area contributed by atoms with Gasteiger partial charge in [0.1, 0.15) is 11.6 Å². The summed E-state index contributed by atoms with van der Waals surface area (Å²) in [6.07, 6.45) is -4.27. The quantitative estimate of drug-likeness (QED) is 0.636. The molecule has 0 saturated heterocycles. The number of halogens is 5. The van der Waals surface area contributed by atoms with Gasteiger partial charge in [0, 0.05) is 18.7 Å². The molecule has 0 N–H and O–H groups in total. The van der Waals surface area contributed by atoms with Crippen LogP contribution in [0, 0.1) is 11.6 Å². The minimum Gasteiger partial charge on any atom is -0.293 e. The molecule has 0 atom stereocenters. The van der Waals surface area contributed by atoms with Crippen molar-refractivity contribution < 1.29 is 26.7 Å². The number of nitrogens with zero attached hydrogens (tertiary/aromatic N) is 1.